The molecule has 0 spiro atoms. The number of hydrogen-bond donors (Lipinski definition) is 1. The molecule has 4 rings (SSSR count). The Kier molecular flexibility index (Phi) is 4.71. The Morgan fingerprint density at radius 3 is 2.69 bits per heavy atom. The minimum Gasteiger partial charge on any atom is -0.462 e. The molecule has 1 N–H and O–H groups in total. The summed E-state index contributed by atoms with van der Waals surface area (Å²) in [6.07, 6.45) is 1.63. The Balaban J connectivity index is 1.48. The van der Waals surface area contributed by atoms with Crippen molar-refractivity contribution in [3.63, 3.8) is 0 Å². The molecule has 0 aromatic carbocycles. The number of nitrogens with zero attached hydrogens (tertiary/aromatic N) is 2. The molecular formula is C18H15N3O2S3. The van der Waals surface area contributed by atoms with E-state index in [0.717, 1.165) is 36.9 Å². The number of nitrogens with one attached hydrogen (secondary N) is 1. The van der Waals surface area contributed by atoms with E-state index >= 15 is 0 Å². The summed E-state index contributed by atoms with van der Waals surface area (Å²) in [5.74, 6) is 0.643. The lowest BCUT2D eigenvalue weighted by atomic mass is 10.3. The third kappa shape index (κ3) is 3.35. The number of carbonyl (C=O) groups excluding carboxylic acids is 1. The number of carbonyl (C=O) groups is 1. The maximum atomic E-state index is 12.6. The van der Waals surface area contributed by atoms with E-state index in [-0.39, 0.29) is 5.91 Å². The van der Waals surface area contributed by atoms with Gasteiger partial charge < -0.3 is 9.73 Å². The molecule has 0 aliphatic heterocycles. The van der Waals surface area contributed by atoms with E-state index in [4.69, 9.17) is 4.42 Å². The Labute approximate surface area is 162 Å². The fourth-order valence-electron chi connectivity index (χ4n) is 2.45. The lowest BCUT2D eigenvalue weighted by Crippen LogP contribution is -2.22. The van der Waals surface area contributed by atoms with Crippen LogP contribution in [0.25, 0.3) is 20.7 Å². The summed E-state index contributed by atoms with van der Waals surface area (Å²) in [6, 6.07) is 7.72. The van der Waals surface area contributed by atoms with Gasteiger partial charge in [0.1, 0.15) is 9.88 Å². The lowest BCUT2D eigenvalue weighted by molar-refractivity contribution is 0.0954. The summed E-state index contributed by atoms with van der Waals surface area (Å²) in [4.78, 5) is 24.4. The van der Waals surface area contributed by atoms with Crippen LogP contribution in [-0.4, -0.2) is 15.9 Å². The largest absolute Gasteiger partial charge is 0.462 e. The van der Waals surface area contributed by atoms with Crippen molar-refractivity contribution in [3.8, 4) is 20.7 Å². The summed E-state index contributed by atoms with van der Waals surface area (Å²) in [5, 5.41) is 6.71. The first kappa shape index (κ1) is 17.1. The van der Waals surface area contributed by atoms with Gasteiger partial charge in [-0.2, -0.15) is 0 Å². The molecule has 0 aliphatic carbocycles. The second-order valence-corrected chi connectivity index (χ2v) is 8.63. The van der Waals surface area contributed by atoms with Crippen LogP contribution < -0.4 is 5.32 Å². The number of hydrogen-bond acceptors (Lipinski definition) is 7. The third-order valence-electron chi connectivity index (χ3n) is 3.77. The van der Waals surface area contributed by atoms with Gasteiger partial charge >= 0.3 is 0 Å². The first-order chi connectivity index (χ1) is 12.6. The number of aryl methyl sites for hydroxylation is 2. The van der Waals surface area contributed by atoms with Gasteiger partial charge in [0.2, 0.25) is 0 Å². The van der Waals surface area contributed by atoms with Crippen LogP contribution in [0, 0.1) is 13.8 Å². The van der Waals surface area contributed by atoms with Crippen LogP contribution in [0.4, 0.5) is 0 Å². The first-order valence-electron chi connectivity index (χ1n) is 7.91. The van der Waals surface area contributed by atoms with Crippen LogP contribution in [-0.2, 0) is 6.54 Å². The van der Waals surface area contributed by atoms with E-state index < -0.39 is 0 Å². The van der Waals surface area contributed by atoms with Crippen molar-refractivity contribution >= 4 is 39.9 Å². The average Bonchev–Trinajstić information content (AvgIpc) is 3.39. The van der Waals surface area contributed by atoms with Crippen LogP contribution in [0.5, 0.6) is 0 Å². The molecule has 0 unspecified atom stereocenters. The highest BCUT2D eigenvalue weighted by Gasteiger charge is 2.18. The number of amides is 1. The topological polar surface area (TPSA) is 68.0 Å². The fourth-order valence-corrected chi connectivity index (χ4v) is 5.20. The van der Waals surface area contributed by atoms with E-state index in [1.807, 2.05) is 43.5 Å². The normalized spacial score (nSPS) is 11.0. The minimum atomic E-state index is -0.102. The van der Waals surface area contributed by atoms with Gasteiger partial charge in [-0.3, -0.25) is 4.79 Å². The molecule has 8 heteroatoms. The second-order valence-electron chi connectivity index (χ2n) is 5.60. The van der Waals surface area contributed by atoms with Gasteiger partial charge in [0, 0.05) is 4.88 Å². The zero-order valence-corrected chi connectivity index (χ0v) is 16.6. The van der Waals surface area contributed by atoms with E-state index in [9.17, 15) is 4.79 Å². The maximum Gasteiger partial charge on any atom is 0.263 e. The molecule has 1 amide bonds. The van der Waals surface area contributed by atoms with E-state index in [1.54, 1.807) is 17.6 Å². The fraction of sp³-hybridized carbons (Fsp3) is 0.167. The Hall–Kier alpha value is -2.29. The quantitative estimate of drug-likeness (QED) is 0.503. The van der Waals surface area contributed by atoms with Gasteiger partial charge in [0.05, 0.1) is 29.1 Å². The zero-order chi connectivity index (χ0) is 18.1. The lowest BCUT2D eigenvalue weighted by Gasteiger charge is -2.02. The van der Waals surface area contributed by atoms with Crippen molar-refractivity contribution in [1.82, 2.24) is 15.3 Å². The number of rotatable bonds is 5. The first-order valence-corrected chi connectivity index (χ1v) is 10.4. The molecule has 5 nitrogen and oxygen atoms in total. The zero-order valence-electron chi connectivity index (χ0n) is 14.1. The van der Waals surface area contributed by atoms with Crippen molar-refractivity contribution in [2.24, 2.45) is 0 Å². The van der Waals surface area contributed by atoms with E-state index in [0.29, 0.717) is 11.4 Å². The molecule has 0 saturated heterocycles. The summed E-state index contributed by atoms with van der Waals surface area (Å²) >= 11 is 4.58. The van der Waals surface area contributed by atoms with Crippen molar-refractivity contribution in [3.05, 3.63) is 57.1 Å². The van der Waals surface area contributed by atoms with Gasteiger partial charge in [-0.05, 0) is 37.4 Å². The van der Waals surface area contributed by atoms with Crippen molar-refractivity contribution in [2.45, 2.75) is 20.4 Å². The van der Waals surface area contributed by atoms with Crippen LogP contribution in [0.3, 0.4) is 0 Å². The summed E-state index contributed by atoms with van der Waals surface area (Å²) < 4.78 is 5.39. The number of aromatic nitrogens is 2. The highest BCUT2D eigenvalue weighted by atomic mass is 32.1. The van der Waals surface area contributed by atoms with Gasteiger partial charge in [0.25, 0.3) is 5.91 Å². The number of thiazole rings is 2. The molecule has 0 atom stereocenters. The maximum absolute atomic E-state index is 12.6. The van der Waals surface area contributed by atoms with Crippen molar-refractivity contribution in [1.29, 1.82) is 0 Å². The molecule has 4 aromatic heterocycles. The van der Waals surface area contributed by atoms with Gasteiger partial charge in [-0.25, -0.2) is 9.97 Å². The highest BCUT2D eigenvalue weighted by molar-refractivity contribution is 7.22. The smallest absolute Gasteiger partial charge is 0.263 e. The number of furan rings is 1. The number of thiophene rings is 1. The molecule has 26 heavy (non-hydrogen) atoms. The molecule has 0 bridgehead atoms. The van der Waals surface area contributed by atoms with Crippen LogP contribution >= 0.6 is 34.0 Å². The molecule has 132 valence electrons. The van der Waals surface area contributed by atoms with Crippen molar-refractivity contribution < 1.29 is 9.21 Å². The Morgan fingerprint density at radius 1 is 1.12 bits per heavy atom. The minimum absolute atomic E-state index is 0.102. The molecular weight excluding hydrogens is 386 g/mol. The van der Waals surface area contributed by atoms with Crippen molar-refractivity contribution in [2.75, 3.05) is 0 Å². The van der Waals surface area contributed by atoms with E-state index in [1.165, 1.54) is 22.7 Å². The second kappa shape index (κ2) is 7.14. The molecule has 0 aliphatic rings. The molecule has 4 aromatic rings. The Bertz CT molecular complexity index is 1030. The van der Waals surface area contributed by atoms with Gasteiger partial charge in [-0.15, -0.1) is 34.0 Å². The molecule has 0 saturated carbocycles. The summed E-state index contributed by atoms with van der Waals surface area (Å²) in [7, 11) is 0. The predicted molar refractivity (Wildman–Crippen MR) is 106 cm³/mol. The predicted octanol–water partition coefficient (Wildman–Crippen LogP) is 5.13. The van der Waals surface area contributed by atoms with Gasteiger partial charge in [0.15, 0.2) is 10.8 Å². The van der Waals surface area contributed by atoms with Crippen LogP contribution in [0.15, 0.2) is 40.3 Å². The third-order valence-corrected chi connectivity index (χ3v) is 7.14. The summed E-state index contributed by atoms with van der Waals surface area (Å²) in [6.45, 7) is 4.25. The monoisotopic (exact) mass is 401 g/mol. The van der Waals surface area contributed by atoms with Crippen LogP contribution in [0.1, 0.15) is 25.9 Å². The van der Waals surface area contributed by atoms with Crippen LogP contribution in [0.2, 0.25) is 0 Å². The van der Waals surface area contributed by atoms with E-state index in [2.05, 4.69) is 15.3 Å². The SMILES string of the molecule is Cc1nc(-c2ccco2)sc1CNC(=O)c1sc(-c2cccs2)nc1C. The summed E-state index contributed by atoms with van der Waals surface area (Å²) in [5.41, 5.74) is 1.66. The van der Waals surface area contributed by atoms with Gasteiger partial charge in [-0.1, -0.05) is 6.07 Å². The average molecular weight is 402 g/mol. The molecule has 0 radical (unpaired) electrons. The standard InChI is InChI=1S/C18H15N3O2S3/c1-10-14(25-17(20-10)12-5-3-7-23-12)9-19-16(22)15-11(2)21-18(26-15)13-6-4-8-24-13/h3-8H,9H2,1-2H3,(H,19,22). The molecule has 0 fully saturated rings. The Morgan fingerprint density at radius 2 is 1.96 bits per heavy atom. The molecule has 4 heterocycles. The highest BCUT2D eigenvalue weighted by Crippen LogP contribution is 2.31.